The average molecular weight is 189 g/mol. The second-order valence-electron chi connectivity index (χ2n) is 1.45. The Balaban J connectivity index is 0. The van der Waals surface area contributed by atoms with E-state index in [0.29, 0.717) is 0 Å². The Hall–Kier alpha value is 0.227. The van der Waals surface area contributed by atoms with Gasteiger partial charge in [0.25, 0.3) is 10.0 Å². The van der Waals surface area contributed by atoms with Crippen LogP contribution in [0.25, 0.3) is 0 Å². The van der Waals surface area contributed by atoms with E-state index in [0.717, 1.165) is 0 Å². The summed E-state index contributed by atoms with van der Waals surface area (Å²) in [6, 6.07) is 0. The Morgan fingerprint density at radius 1 is 1.27 bits per heavy atom. The van der Waals surface area contributed by atoms with Gasteiger partial charge in [-0.1, -0.05) is 0 Å². The number of halogens is 4. The van der Waals surface area contributed by atoms with E-state index in [2.05, 4.69) is 5.14 Å². The number of hydrogen-bond donors (Lipinski definition) is 1. The molecular formula is C2H4F4LiNO2S. The second kappa shape index (κ2) is 3.76. The zero-order valence-corrected chi connectivity index (χ0v) is 5.21. The molecule has 0 aromatic rings. The summed E-state index contributed by atoms with van der Waals surface area (Å²) in [7, 11) is -5.15. The van der Waals surface area contributed by atoms with Crippen LogP contribution in [0.5, 0.6) is 0 Å². The average Bonchev–Trinajstić information content (AvgIpc) is 1.59. The molecule has 0 spiro atoms. The van der Waals surface area contributed by atoms with E-state index in [1.807, 2.05) is 0 Å². The van der Waals surface area contributed by atoms with Gasteiger partial charge in [0.2, 0.25) is 0 Å². The van der Waals surface area contributed by atoms with Crippen molar-refractivity contribution in [1.82, 2.24) is 0 Å². The third kappa shape index (κ3) is 4.63. The number of nitrogens with two attached hydrogens (primary N) is 1. The summed E-state index contributed by atoms with van der Waals surface area (Å²) in [4.78, 5) is 0. The summed E-state index contributed by atoms with van der Waals surface area (Å²) in [6.45, 7) is 0. The van der Waals surface area contributed by atoms with E-state index < -0.39 is 21.7 Å². The summed E-state index contributed by atoms with van der Waals surface area (Å²) >= 11 is 0. The molecule has 0 aromatic carbocycles. The van der Waals surface area contributed by atoms with Gasteiger partial charge in [-0.2, -0.15) is 13.2 Å². The first kappa shape index (κ1) is 13.8. The van der Waals surface area contributed by atoms with Gasteiger partial charge in [0.05, 0.1) is 0 Å². The van der Waals surface area contributed by atoms with Crippen LogP contribution in [0.15, 0.2) is 0 Å². The van der Waals surface area contributed by atoms with Crippen LogP contribution in [0.2, 0.25) is 0 Å². The predicted molar refractivity (Wildman–Crippen MR) is 31.2 cm³/mol. The molecule has 11 heavy (non-hydrogen) atoms. The Bertz CT molecular complexity index is 211. The van der Waals surface area contributed by atoms with Crippen molar-refractivity contribution < 1.29 is 26.0 Å². The summed E-state index contributed by atoms with van der Waals surface area (Å²) in [5.41, 5.74) is -3.99. The maximum absolute atomic E-state index is 11.6. The Kier molecular flexibility index (Phi) is 4.71. The first-order chi connectivity index (χ1) is 4.15. The predicted octanol–water partition coefficient (Wildman–Crippen LogP) is -0.516. The molecule has 0 aromatic heterocycles. The fraction of sp³-hybridized carbons (Fsp3) is 1.00. The molecule has 0 fully saturated rings. The normalized spacial score (nSPS) is 15.4. The van der Waals surface area contributed by atoms with E-state index in [9.17, 15) is 26.0 Å². The van der Waals surface area contributed by atoms with Crippen LogP contribution in [0.1, 0.15) is 0 Å². The molecule has 0 aliphatic carbocycles. The van der Waals surface area contributed by atoms with Crippen molar-refractivity contribution in [2.45, 2.75) is 11.7 Å². The fourth-order valence-electron chi connectivity index (χ4n) is 0.186. The third-order valence-corrected chi connectivity index (χ3v) is 1.39. The van der Waals surface area contributed by atoms with E-state index in [1.54, 1.807) is 0 Å². The molecule has 0 radical (unpaired) electrons. The zero-order valence-electron chi connectivity index (χ0n) is 4.39. The molecule has 0 heterocycles. The van der Waals surface area contributed by atoms with Gasteiger partial charge in [-0.05, 0) is 0 Å². The van der Waals surface area contributed by atoms with Gasteiger partial charge in [0.15, 0.2) is 0 Å². The van der Waals surface area contributed by atoms with Gasteiger partial charge in [-0.25, -0.2) is 17.9 Å². The molecule has 0 aliphatic heterocycles. The minimum atomic E-state index is -5.44. The third-order valence-electron chi connectivity index (χ3n) is 0.546. The number of primary sulfonamides is 1. The Morgan fingerprint density at radius 3 is 1.55 bits per heavy atom. The van der Waals surface area contributed by atoms with Crippen molar-refractivity contribution in [3.8, 4) is 0 Å². The van der Waals surface area contributed by atoms with Gasteiger partial charge < -0.3 is 0 Å². The first-order valence-electron chi connectivity index (χ1n) is 1.88. The van der Waals surface area contributed by atoms with Crippen LogP contribution >= 0.6 is 0 Å². The van der Waals surface area contributed by atoms with Crippen LogP contribution in [-0.2, 0) is 10.0 Å². The van der Waals surface area contributed by atoms with Gasteiger partial charge in [-0.3, -0.25) is 0 Å². The number of alkyl halides is 4. The zero-order chi connectivity index (χ0) is 8.58. The number of hydrogen-bond acceptors (Lipinski definition) is 2. The molecule has 0 saturated carbocycles. The van der Waals surface area contributed by atoms with E-state index in [-0.39, 0.29) is 18.9 Å². The van der Waals surface area contributed by atoms with Gasteiger partial charge in [0.1, 0.15) is 0 Å². The van der Waals surface area contributed by atoms with Crippen LogP contribution in [0.3, 0.4) is 0 Å². The standard InChI is InChI=1S/C2H3F4NO2S.Li.H/c3-1(2(4,5)6)10(7,8)9;;/h1H,(H2,7,8,9);;. The molecule has 9 heteroatoms. The topological polar surface area (TPSA) is 60.2 Å². The molecule has 0 rings (SSSR count). The van der Waals surface area contributed by atoms with Gasteiger partial charge in [0, 0.05) is 0 Å². The van der Waals surface area contributed by atoms with Crippen molar-refractivity contribution >= 4 is 28.9 Å². The van der Waals surface area contributed by atoms with E-state index in [1.165, 1.54) is 0 Å². The first-order valence-corrected chi connectivity index (χ1v) is 3.49. The Morgan fingerprint density at radius 2 is 1.55 bits per heavy atom. The Labute approximate surface area is 72.2 Å². The molecule has 64 valence electrons. The summed E-state index contributed by atoms with van der Waals surface area (Å²) in [5.74, 6) is 0. The van der Waals surface area contributed by atoms with Crippen molar-refractivity contribution in [3.63, 3.8) is 0 Å². The van der Waals surface area contributed by atoms with Crippen molar-refractivity contribution in [2.24, 2.45) is 5.14 Å². The monoisotopic (exact) mass is 189 g/mol. The summed E-state index contributed by atoms with van der Waals surface area (Å²) < 4.78 is 64.2. The van der Waals surface area contributed by atoms with Crippen molar-refractivity contribution in [2.75, 3.05) is 0 Å². The second-order valence-corrected chi connectivity index (χ2v) is 3.04. The SMILES string of the molecule is NS(=O)(=O)C(F)C(F)(F)F.[LiH]. The molecule has 1 atom stereocenters. The molecule has 0 saturated heterocycles. The molecular weight excluding hydrogens is 185 g/mol. The van der Waals surface area contributed by atoms with E-state index >= 15 is 0 Å². The minimum absolute atomic E-state index is 0. The van der Waals surface area contributed by atoms with Gasteiger partial charge >= 0.3 is 30.5 Å². The van der Waals surface area contributed by atoms with Crippen LogP contribution in [0.4, 0.5) is 17.6 Å². The molecule has 1 unspecified atom stereocenters. The molecule has 2 N–H and O–H groups in total. The van der Waals surface area contributed by atoms with E-state index in [4.69, 9.17) is 0 Å². The quantitative estimate of drug-likeness (QED) is 0.445. The molecule has 0 bridgehead atoms. The molecule has 0 amide bonds. The summed E-state index contributed by atoms with van der Waals surface area (Å²) in [5, 5.41) is 3.84. The van der Waals surface area contributed by atoms with Gasteiger partial charge in [-0.15, -0.1) is 0 Å². The van der Waals surface area contributed by atoms with Crippen LogP contribution in [0, 0.1) is 0 Å². The molecule has 0 aliphatic rings. The number of sulfonamides is 1. The maximum atomic E-state index is 11.6. The van der Waals surface area contributed by atoms with Crippen LogP contribution in [-0.4, -0.2) is 39.0 Å². The van der Waals surface area contributed by atoms with Crippen LogP contribution < -0.4 is 5.14 Å². The molecule has 3 nitrogen and oxygen atoms in total. The number of rotatable bonds is 1. The van der Waals surface area contributed by atoms with Crippen molar-refractivity contribution in [1.29, 1.82) is 0 Å². The fourth-order valence-corrected chi connectivity index (χ4v) is 0.559. The summed E-state index contributed by atoms with van der Waals surface area (Å²) in [6.07, 6.45) is -5.44. The van der Waals surface area contributed by atoms with Crippen molar-refractivity contribution in [3.05, 3.63) is 0 Å².